The fourth-order valence-electron chi connectivity index (χ4n) is 10.2. The molecule has 14 heteroatoms. The van der Waals surface area contributed by atoms with Crippen molar-refractivity contribution in [3.8, 4) is 0 Å². The average Bonchev–Trinajstić information content (AvgIpc) is 3.55. The minimum atomic E-state index is -1.78. The van der Waals surface area contributed by atoms with E-state index in [1.165, 1.54) is 103 Å². The zero-order chi connectivity index (χ0) is 58.8. The summed E-state index contributed by atoms with van der Waals surface area (Å²) in [6, 6.07) is -0.827. The van der Waals surface area contributed by atoms with Crippen LogP contribution in [-0.4, -0.2) is 140 Å². The molecule has 2 rings (SSSR count). The van der Waals surface area contributed by atoms with Gasteiger partial charge in [0.1, 0.15) is 48.8 Å². The molecule has 0 aromatic rings. The topological polar surface area (TPSA) is 228 Å². The molecule has 12 unspecified atom stereocenters. The minimum Gasteiger partial charge on any atom is -0.394 e. The van der Waals surface area contributed by atoms with E-state index in [2.05, 4.69) is 104 Å². The summed E-state index contributed by atoms with van der Waals surface area (Å²) in [7, 11) is 0. The van der Waals surface area contributed by atoms with Crippen LogP contribution in [0.2, 0.25) is 0 Å². The van der Waals surface area contributed by atoms with Crippen LogP contribution in [0.25, 0.3) is 0 Å². The fourth-order valence-corrected chi connectivity index (χ4v) is 10.2. The molecule has 468 valence electrons. The molecule has 2 heterocycles. The molecule has 9 N–H and O–H groups in total. The summed E-state index contributed by atoms with van der Waals surface area (Å²) in [5.41, 5.74) is 0. The number of aliphatic hydroxyl groups excluding tert-OH is 8. The van der Waals surface area contributed by atoms with E-state index in [1.54, 1.807) is 0 Å². The lowest BCUT2D eigenvalue weighted by Crippen LogP contribution is -2.65. The Morgan fingerprint density at radius 1 is 0.457 bits per heavy atom. The van der Waals surface area contributed by atoms with Crippen molar-refractivity contribution < 1.29 is 64.6 Å². The van der Waals surface area contributed by atoms with E-state index in [9.17, 15) is 45.6 Å². The lowest BCUT2D eigenvalue weighted by Gasteiger charge is -2.46. The van der Waals surface area contributed by atoms with Crippen molar-refractivity contribution in [1.82, 2.24) is 5.32 Å². The fraction of sp³-hybridized carbons (Fsp3) is 0.776. The molecule has 2 aliphatic heterocycles. The zero-order valence-electron chi connectivity index (χ0n) is 50.5. The van der Waals surface area contributed by atoms with Crippen LogP contribution >= 0.6 is 0 Å². The number of ether oxygens (including phenoxy) is 4. The van der Waals surface area contributed by atoms with Gasteiger partial charge in [-0.1, -0.05) is 247 Å². The van der Waals surface area contributed by atoms with Gasteiger partial charge in [-0.05, 0) is 70.6 Å². The average molecular weight is 1140 g/mol. The number of hydrogen-bond acceptors (Lipinski definition) is 13. The number of aliphatic hydroxyl groups is 8. The second-order valence-corrected chi connectivity index (χ2v) is 22.5. The van der Waals surface area contributed by atoms with Crippen molar-refractivity contribution in [1.29, 1.82) is 0 Å². The van der Waals surface area contributed by atoms with Gasteiger partial charge in [0.25, 0.3) is 0 Å². The third kappa shape index (κ3) is 36.6. The first-order valence-corrected chi connectivity index (χ1v) is 32.3. The van der Waals surface area contributed by atoms with Crippen LogP contribution in [0.4, 0.5) is 0 Å². The molecule has 2 saturated heterocycles. The maximum absolute atomic E-state index is 13.2. The molecule has 14 nitrogen and oxygen atoms in total. The molecule has 0 aromatic carbocycles. The highest BCUT2D eigenvalue weighted by molar-refractivity contribution is 5.76. The van der Waals surface area contributed by atoms with Crippen molar-refractivity contribution in [3.05, 3.63) is 85.1 Å². The number of rotatable bonds is 51. The Morgan fingerprint density at radius 3 is 1.31 bits per heavy atom. The van der Waals surface area contributed by atoms with Crippen LogP contribution in [0, 0.1) is 0 Å². The third-order valence-electron chi connectivity index (χ3n) is 15.4. The molecule has 0 aromatic heterocycles. The summed E-state index contributed by atoms with van der Waals surface area (Å²) in [4.78, 5) is 13.2. The van der Waals surface area contributed by atoms with E-state index in [-0.39, 0.29) is 12.5 Å². The van der Waals surface area contributed by atoms with Gasteiger partial charge in [-0.2, -0.15) is 0 Å². The molecular weight excluding hydrogens is 1030 g/mol. The van der Waals surface area contributed by atoms with Crippen molar-refractivity contribution in [2.75, 3.05) is 19.8 Å². The Bertz CT molecular complexity index is 1680. The van der Waals surface area contributed by atoms with E-state index in [1.807, 2.05) is 0 Å². The van der Waals surface area contributed by atoms with Crippen molar-refractivity contribution in [2.45, 2.75) is 312 Å². The van der Waals surface area contributed by atoms with Gasteiger partial charge in [0.15, 0.2) is 12.6 Å². The molecule has 81 heavy (non-hydrogen) atoms. The lowest BCUT2D eigenvalue weighted by molar-refractivity contribution is -0.359. The molecule has 0 bridgehead atoms. The van der Waals surface area contributed by atoms with Gasteiger partial charge < -0.3 is 65.1 Å². The van der Waals surface area contributed by atoms with Crippen LogP contribution in [0.5, 0.6) is 0 Å². The SMILES string of the molecule is CC/C=C\C/C=C\C/C=C\C/C=C\C/C=C\C/C=C\C/C=C\CCCCCCCCCCCCCCCCCCCCCC(=O)NC(COC1OC(CO)C(OC2OC(CO)C(O)C(O)C2O)C(O)C1O)C(O)CCCCCCCC. The molecule has 0 spiro atoms. The third-order valence-corrected chi connectivity index (χ3v) is 15.4. The summed E-state index contributed by atoms with van der Waals surface area (Å²) in [6.45, 7) is 2.66. The smallest absolute Gasteiger partial charge is 0.220 e. The second kappa shape index (κ2) is 51.6. The number of carbonyl (C=O) groups is 1. The molecule has 2 aliphatic rings. The molecule has 1 amide bonds. The van der Waals surface area contributed by atoms with Crippen molar-refractivity contribution in [2.24, 2.45) is 0 Å². The second-order valence-electron chi connectivity index (χ2n) is 22.5. The Hall–Kier alpha value is -2.83. The minimum absolute atomic E-state index is 0.212. The Balaban J connectivity index is 1.48. The Kier molecular flexibility index (Phi) is 47.3. The molecular formula is C67H117NO13. The highest BCUT2D eigenvalue weighted by atomic mass is 16.7. The first-order valence-electron chi connectivity index (χ1n) is 32.3. The molecule has 0 radical (unpaired) electrons. The number of amides is 1. The normalized spacial score (nSPS) is 24.7. The van der Waals surface area contributed by atoms with Gasteiger partial charge in [0.05, 0.1) is 32.0 Å². The number of hydrogen-bond donors (Lipinski definition) is 9. The van der Waals surface area contributed by atoms with E-state index in [4.69, 9.17) is 18.9 Å². The van der Waals surface area contributed by atoms with Gasteiger partial charge >= 0.3 is 0 Å². The van der Waals surface area contributed by atoms with Crippen LogP contribution in [0.1, 0.15) is 239 Å². The molecule has 2 fully saturated rings. The highest BCUT2D eigenvalue weighted by Crippen LogP contribution is 2.30. The van der Waals surface area contributed by atoms with E-state index in [0.717, 1.165) is 109 Å². The molecule has 0 saturated carbocycles. The lowest BCUT2D eigenvalue weighted by atomic mass is 9.97. The first-order chi connectivity index (χ1) is 39.6. The number of allylic oxidation sites excluding steroid dienone is 14. The van der Waals surface area contributed by atoms with Crippen molar-refractivity contribution >= 4 is 5.91 Å². The summed E-state index contributed by atoms with van der Waals surface area (Å²) in [6.07, 6.45) is 53.9. The van der Waals surface area contributed by atoms with E-state index in [0.29, 0.717) is 12.8 Å². The Labute approximate surface area is 491 Å². The van der Waals surface area contributed by atoms with Gasteiger partial charge in [0.2, 0.25) is 5.91 Å². The molecule has 12 atom stereocenters. The molecule has 0 aliphatic carbocycles. The standard InChI is InChI=1S/C67H117NO13/c1-3-5-7-9-11-12-13-14-15-16-17-18-19-20-21-22-23-24-25-26-27-28-29-30-31-32-33-34-35-36-37-38-39-40-41-42-43-44-45-47-49-51-59(72)68-55(56(71)50-48-46-10-8-6-4-2)54-78-66-64(77)62(75)65(58(53-70)80-66)81-67-63(76)61(74)60(73)57(52-69)79-67/h5,7,11-12,14-15,17-18,20-21,23-24,26-27,55-58,60-67,69-71,73-77H,3-4,6,8-10,13,16,19,22,25,28-54H2,1-2H3,(H,68,72)/b7-5-,12-11-,15-14-,18-17-,21-20-,24-23-,27-26-. The van der Waals surface area contributed by atoms with Gasteiger partial charge in [-0.25, -0.2) is 0 Å². The van der Waals surface area contributed by atoms with E-state index < -0.39 is 86.8 Å². The van der Waals surface area contributed by atoms with E-state index >= 15 is 0 Å². The summed E-state index contributed by atoms with van der Waals surface area (Å²) >= 11 is 0. The van der Waals surface area contributed by atoms with Crippen molar-refractivity contribution in [3.63, 3.8) is 0 Å². The number of nitrogens with one attached hydrogen (secondary N) is 1. The van der Waals surface area contributed by atoms with Gasteiger partial charge in [0, 0.05) is 6.42 Å². The predicted molar refractivity (Wildman–Crippen MR) is 327 cm³/mol. The predicted octanol–water partition coefficient (Wildman–Crippen LogP) is 12.1. The zero-order valence-corrected chi connectivity index (χ0v) is 50.5. The first kappa shape index (κ1) is 74.3. The number of unbranched alkanes of at least 4 members (excludes halogenated alkanes) is 24. The van der Waals surface area contributed by atoms with Gasteiger partial charge in [-0.15, -0.1) is 0 Å². The maximum atomic E-state index is 13.2. The van der Waals surface area contributed by atoms with Crippen LogP contribution in [0.15, 0.2) is 85.1 Å². The quantitative estimate of drug-likeness (QED) is 0.0204. The van der Waals surface area contributed by atoms with Crippen LogP contribution in [-0.2, 0) is 23.7 Å². The van der Waals surface area contributed by atoms with Crippen LogP contribution < -0.4 is 5.32 Å². The summed E-state index contributed by atoms with van der Waals surface area (Å²) < 4.78 is 22.7. The van der Waals surface area contributed by atoms with Crippen LogP contribution in [0.3, 0.4) is 0 Å². The maximum Gasteiger partial charge on any atom is 0.220 e. The monoisotopic (exact) mass is 1140 g/mol. The largest absolute Gasteiger partial charge is 0.394 e. The summed E-state index contributed by atoms with van der Waals surface area (Å²) in [5.74, 6) is -0.212. The van der Waals surface area contributed by atoms with Gasteiger partial charge in [-0.3, -0.25) is 4.79 Å². The summed E-state index contributed by atoms with van der Waals surface area (Å²) in [5, 5.41) is 86.7. The Morgan fingerprint density at radius 2 is 0.852 bits per heavy atom. The highest BCUT2D eigenvalue weighted by Gasteiger charge is 2.51. The number of carbonyl (C=O) groups excluding carboxylic acids is 1.